The fraction of sp³-hybridized carbons (Fsp3) is 0.222. The number of rotatable bonds is 6. The van der Waals surface area contributed by atoms with E-state index < -0.39 is 0 Å². The van der Waals surface area contributed by atoms with Crippen LogP contribution < -0.4 is 0 Å². The average Bonchev–Trinajstić information content (AvgIpc) is 2.59. The Morgan fingerprint density at radius 2 is 1.04 bits per heavy atom. The summed E-state index contributed by atoms with van der Waals surface area (Å²) in [5.74, 6) is 0.415. The Morgan fingerprint density at radius 1 is 0.680 bits per heavy atom. The van der Waals surface area contributed by atoms with Gasteiger partial charge in [0.25, 0.3) is 0 Å². The first-order chi connectivity index (χ1) is 11.7. The van der Waals surface area contributed by atoms with Gasteiger partial charge in [-0.3, -0.25) is 9.98 Å². The first-order valence-electron chi connectivity index (χ1n) is 7.46. The predicted octanol–water partition coefficient (Wildman–Crippen LogP) is 1.60. The van der Waals surface area contributed by atoms with Crippen molar-refractivity contribution in [3.05, 3.63) is 59.7 Å². The minimum absolute atomic E-state index is 0. The van der Waals surface area contributed by atoms with E-state index in [1.807, 2.05) is 12.1 Å². The molecule has 0 bridgehead atoms. The maximum absolute atomic E-state index is 9.26. The van der Waals surface area contributed by atoms with Crippen LogP contribution in [-0.2, 0) is 16.5 Å². The van der Waals surface area contributed by atoms with Gasteiger partial charge < -0.3 is 20.4 Å². The molecule has 6 nitrogen and oxygen atoms in total. The van der Waals surface area contributed by atoms with Crippen LogP contribution in [0.3, 0.4) is 0 Å². The molecule has 0 spiro atoms. The van der Waals surface area contributed by atoms with E-state index in [1.54, 1.807) is 48.8 Å². The molecule has 0 fully saturated rings. The third-order valence-corrected chi connectivity index (χ3v) is 2.79. The maximum Gasteiger partial charge on any atom is 0.124 e. The largest absolute Gasteiger partial charge is 0.507 e. The normalized spacial score (nSPS) is 10.3. The summed E-state index contributed by atoms with van der Waals surface area (Å²) in [5.41, 5.74) is 1.34. The van der Waals surface area contributed by atoms with Crippen LogP contribution in [0.25, 0.3) is 0 Å². The molecule has 7 heteroatoms. The van der Waals surface area contributed by atoms with E-state index >= 15 is 0 Å². The Bertz CT molecular complexity index is 606. The zero-order valence-corrected chi connectivity index (χ0v) is 14.6. The molecular weight excluding hydrogens is 367 g/mol. The number of aromatic hydroxyl groups is 2. The number of phenols is 2. The van der Waals surface area contributed by atoms with Gasteiger partial charge in [0.05, 0.1) is 26.3 Å². The monoisotopic (exact) mass is 388 g/mol. The standard InChI is InChI=1S/2C9H11NO2.Ni/c2*11-6-5-10-7-8-3-1-2-4-9(8)12;/h2*1-4,7,11-12H,5-6H2;. The summed E-state index contributed by atoms with van der Waals surface area (Å²) in [6, 6.07) is 13.9. The minimum Gasteiger partial charge on any atom is -0.507 e. The summed E-state index contributed by atoms with van der Waals surface area (Å²) in [6.07, 6.45) is 3.09. The number of phenolic OH excluding ortho intramolecular Hbond substituents is 2. The number of hydrogen-bond donors (Lipinski definition) is 4. The number of aliphatic imine (C=N–C) groups is 2. The van der Waals surface area contributed by atoms with Gasteiger partial charge in [0, 0.05) is 40.0 Å². The summed E-state index contributed by atoms with van der Waals surface area (Å²) in [4.78, 5) is 7.77. The van der Waals surface area contributed by atoms with Crippen molar-refractivity contribution in [2.45, 2.75) is 0 Å². The molecule has 138 valence electrons. The van der Waals surface area contributed by atoms with Crippen molar-refractivity contribution in [2.24, 2.45) is 9.98 Å². The van der Waals surface area contributed by atoms with Gasteiger partial charge in [0.2, 0.25) is 0 Å². The molecule has 2 aromatic carbocycles. The Labute approximate surface area is 157 Å². The van der Waals surface area contributed by atoms with E-state index in [0.717, 1.165) is 0 Å². The molecule has 0 radical (unpaired) electrons. The molecule has 2 rings (SSSR count). The Hall–Kier alpha value is -2.21. The molecule has 0 aliphatic heterocycles. The third kappa shape index (κ3) is 9.62. The predicted molar refractivity (Wildman–Crippen MR) is 95.3 cm³/mol. The van der Waals surface area contributed by atoms with E-state index in [4.69, 9.17) is 10.2 Å². The molecule has 0 atom stereocenters. The zero-order valence-electron chi connectivity index (χ0n) is 13.6. The van der Waals surface area contributed by atoms with Gasteiger partial charge >= 0.3 is 0 Å². The molecule has 25 heavy (non-hydrogen) atoms. The molecule has 4 N–H and O–H groups in total. The smallest absolute Gasteiger partial charge is 0.124 e. The first-order valence-corrected chi connectivity index (χ1v) is 7.46. The van der Waals surface area contributed by atoms with Gasteiger partial charge in [-0.15, -0.1) is 0 Å². The Kier molecular flexibility index (Phi) is 12.9. The number of aliphatic hydroxyl groups is 2. The second-order valence-electron chi connectivity index (χ2n) is 4.64. The SMILES string of the molecule is OCCN=Cc1ccccc1O.OCCN=Cc1ccccc1O.[Ni]. The van der Waals surface area contributed by atoms with Crippen molar-refractivity contribution in [1.82, 2.24) is 0 Å². The molecule has 0 saturated heterocycles. The number of aliphatic hydroxyl groups excluding tert-OH is 2. The topological polar surface area (TPSA) is 106 Å². The molecule has 0 saturated carbocycles. The molecule has 0 amide bonds. The van der Waals surface area contributed by atoms with Gasteiger partial charge in [-0.2, -0.15) is 0 Å². The maximum atomic E-state index is 9.26. The first kappa shape index (κ1) is 22.8. The van der Waals surface area contributed by atoms with Gasteiger partial charge in [-0.05, 0) is 24.3 Å². The summed E-state index contributed by atoms with van der Waals surface area (Å²) < 4.78 is 0. The van der Waals surface area contributed by atoms with Crippen LogP contribution in [0.4, 0.5) is 0 Å². The fourth-order valence-corrected chi connectivity index (χ4v) is 1.63. The van der Waals surface area contributed by atoms with Crippen LogP contribution in [-0.4, -0.2) is 59.2 Å². The van der Waals surface area contributed by atoms with Gasteiger partial charge in [0.1, 0.15) is 11.5 Å². The molecule has 0 heterocycles. The van der Waals surface area contributed by atoms with E-state index in [9.17, 15) is 10.2 Å². The van der Waals surface area contributed by atoms with Crippen molar-refractivity contribution >= 4 is 12.4 Å². The number of para-hydroxylation sites is 2. The van der Waals surface area contributed by atoms with E-state index in [-0.39, 0.29) is 41.2 Å². The number of benzene rings is 2. The minimum atomic E-state index is 0. The van der Waals surface area contributed by atoms with Gasteiger partial charge in [0.15, 0.2) is 0 Å². The Balaban J connectivity index is 0.000000443. The van der Waals surface area contributed by atoms with Crippen LogP contribution in [0.2, 0.25) is 0 Å². The Morgan fingerprint density at radius 3 is 1.36 bits per heavy atom. The van der Waals surface area contributed by atoms with Crippen LogP contribution >= 0.6 is 0 Å². The van der Waals surface area contributed by atoms with Crippen LogP contribution in [0, 0.1) is 0 Å². The van der Waals surface area contributed by atoms with Gasteiger partial charge in [-0.1, -0.05) is 24.3 Å². The van der Waals surface area contributed by atoms with Crippen molar-refractivity contribution in [1.29, 1.82) is 0 Å². The summed E-state index contributed by atoms with van der Waals surface area (Å²) in [6.45, 7) is 0.802. The van der Waals surface area contributed by atoms with Crippen LogP contribution in [0.1, 0.15) is 11.1 Å². The molecule has 0 aliphatic rings. The molecule has 0 unspecified atom stereocenters. The zero-order chi connectivity index (χ0) is 17.6. The molecule has 0 aromatic heterocycles. The van der Waals surface area contributed by atoms with Crippen LogP contribution in [0.5, 0.6) is 11.5 Å². The van der Waals surface area contributed by atoms with Crippen molar-refractivity contribution in [2.75, 3.05) is 26.3 Å². The molecular formula is C18H22N2NiO4. The van der Waals surface area contributed by atoms with E-state index in [2.05, 4.69) is 9.98 Å². The van der Waals surface area contributed by atoms with Crippen LogP contribution in [0.15, 0.2) is 58.5 Å². The number of hydrogen-bond acceptors (Lipinski definition) is 6. The third-order valence-electron chi connectivity index (χ3n) is 2.79. The van der Waals surface area contributed by atoms with E-state index in [0.29, 0.717) is 24.2 Å². The summed E-state index contributed by atoms with van der Waals surface area (Å²) in [5, 5.41) is 35.4. The second-order valence-corrected chi connectivity index (χ2v) is 4.64. The van der Waals surface area contributed by atoms with E-state index in [1.165, 1.54) is 0 Å². The van der Waals surface area contributed by atoms with Crippen molar-refractivity contribution < 1.29 is 36.9 Å². The average molecular weight is 389 g/mol. The number of nitrogens with zero attached hydrogens (tertiary/aromatic N) is 2. The fourth-order valence-electron chi connectivity index (χ4n) is 1.63. The summed E-state index contributed by atoms with van der Waals surface area (Å²) in [7, 11) is 0. The molecule has 2 aromatic rings. The molecule has 0 aliphatic carbocycles. The summed E-state index contributed by atoms with van der Waals surface area (Å²) >= 11 is 0. The van der Waals surface area contributed by atoms with Crippen molar-refractivity contribution in [3.63, 3.8) is 0 Å². The quantitative estimate of drug-likeness (QED) is 0.445. The second kappa shape index (κ2) is 14.2. The van der Waals surface area contributed by atoms with Gasteiger partial charge in [-0.25, -0.2) is 0 Å². The van der Waals surface area contributed by atoms with Crippen molar-refractivity contribution in [3.8, 4) is 11.5 Å².